The van der Waals surface area contributed by atoms with E-state index in [0.717, 1.165) is 9.09 Å². The molecule has 0 bridgehead atoms. The van der Waals surface area contributed by atoms with Gasteiger partial charge in [0.25, 0.3) is 0 Å². The van der Waals surface area contributed by atoms with Crippen LogP contribution in [0.3, 0.4) is 0 Å². The van der Waals surface area contributed by atoms with Gasteiger partial charge in [-0.1, -0.05) is 0 Å². The molecule has 2 unspecified atom stereocenters. The summed E-state index contributed by atoms with van der Waals surface area (Å²) in [5, 5.41) is 22.6. The van der Waals surface area contributed by atoms with Crippen molar-refractivity contribution in [3.8, 4) is 0 Å². The summed E-state index contributed by atoms with van der Waals surface area (Å²) < 4.78 is 8.39. The molecule has 1 aromatic carbocycles. The summed E-state index contributed by atoms with van der Waals surface area (Å²) in [5.74, 6) is 0. The van der Waals surface area contributed by atoms with E-state index >= 15 is 0 Å². The normalized spacial score (nSPS) is 21.9. The monoisotopic (exact) mass is 449 g/mol. The maximum absolute atomic E-state index is 12.6. The molecule has 1 aliphatic heterocycles. The second-order valence-electron chi connectivity index (χ2n) is 5.69. The predicted octanol–water partition coefficient (Wildman–Crippen LogP) is -3.83. The van der Waals surface area contributed by atoms with Crippen LogP contribution in [0.5, 0.6) is 0 Å². The fourth-order valence-electron chi connectivity index (χ4n) is 2.88. The number of fused-ring (bicyclic) bond motifs is 1. The first-order valence-corrected chi connectivity index (χ1v) is 9.55. The first-order chi connectivity index (χ1) is 11.3. The van der Waals surface area contributed by atoms with Gasteiger partial charge >= 0.3 is 148 Å². The Labute approximate surface area is 147 Å². The van der Waals surface area contributed by atoms with Gasteiger partial charge in [-0.2, -0.15) is 0 Å². The van der Waals surface area contributed by atoms with Crippen LogP contribution in [0.2, 0.25) is 0 Å². The van der Waals surface area contributed by atoms with E-state index in [9.17, 15) is 14.8 Å². The standard InChI is InChI=1S/C14H18IN4O5/c1-3-14(7-16-12(20)24-14)8-18-11-6-9(15-19(22)23)4-5-10(11)17(2)13(18)21/h4-6,19,22H,3,7-8H2,1-2H3,(H,16,20)/q-1. The second kappa shape index (κ2) is 6.35. The number of carbonyl (C=O) groups excluding carboxylic acids is 1. The molecule has 1 amide bonds. The molecule has 2 aromatic rings. The summed E-state index contributed by atoms with van der Waals surface area (Å²) in [6, 6.07) is 5.27. The summed E-state index contributed by atoms with van der Waals surface area (Å²) in [4.78, 5) is 24.1. The number of cyclic esters (lactones) is 1. The summed E-state index contributed by atoms with van der Waals surface area (Å²) in [6.45, 7) is 2.47. The Kier molecular flexibility index (Phi) is 4.55. The fraction of sp³-hybridized carbons (Fsp3) is 0.429. The van der Waals surface area contributed by atoms with Crippen LogP contribution in [0.25, 0.3) is 11.0 Å². The zero-order chi connectivity index (χ0) is 17.5. The van der Waals surface area contributed by atoms with Gasteiger partial charge in [0.1, 0.15) is 0 Å². The number of nitrogens with zero attached hydrogens (tertiary/aromatic N) is 2. The van der Waals surface area contributed by atoms with E-state index in [0.29, 0.717) is 18.5 Å². The first-order valence-electron chi connectivity index (χ1n) is 7.39. The molecule has 24 heavy (non-hydrogen) atoms. The van der Waals surface area contributed by atoms with E-state index in [4.69, 9.17) is 9.94 Å². The molecule has 1 aliphatic rings. The number of alkyl carbamates (subject to hydrolysis) is 1. The zero-order valence-corrected chi connectivity index (χ0v) is 15.4. The number of halogens is 1. The molecule has 0 spiro atoms. The van der Waals surface area contributed by atoms with Crippen LogP contribution in [0.15, 0.2) is 23.0 Å². The van der Waals surface area contributed by atoms with E-state index in [1.807, 2.05) is 6.92 Å². The van der Waals surface area contributed by atoms with Crippen molar-refractivity contribution in [2.45, 2.75) is 25.5 Å². The van der Waals surface area contributed by atoms with E-state index < -0.39 is 36.6 Å². The third-order valence-corrected chi connectivity index (χ3v) is 6.01. The number of ether oxygens (including phenoxy) is 1. The number of imidazole rings is 1. The van der Waals surface area contributed by atoms with Crippen molar-refractivity contribution in [1.82, 2.24) is 14.5 Å². The van der Waals surface area contributed by atoms with Crippen molar-refractivity contribution in [2.24, 2.45) is 7.05 Å². The number of rotatable bonds is 5. The summed E-state index contributed by atoms with van der Waals surface area (Å²) in [7, 11) is 1.67. The quantitative estimate of drug-likeness (QED) is 0.246. The predicted molar refractivity (Wildman–Crippen MR) is 79.5 cm³/mol. The van der Waals surface area contributed by atoms with Crippen LogP contribution >= 0.6 is 0 Å². The summed E-state index contributed by atoms with van der Waals surface area (Å²) in [6.07, 6.45) is 0.0821. The van der Waals surface area contributed by atoms with Gasteiger partial charge in [0.2, 0.25) is 0 Å². The molecule has 3 rings (SSSR count). The molecule has 1 saturated heterocycles. The number of carbonyl (C=O) groups is 1. The zero-order valence-electron chi connectivity index (χ0n) is 13.2. The molecular formula is C14H18IN4O5-. The van der Waals surface area contributed by atoms with Crippen LogP contribution < -0.4 is 35.9 Å². The van der Waals surface area contributed by atoms with E-state index in [2.05, 4.69) is 5.32 Å². The van der Waals surface area contributed by atoms with Gasteiger partial charge < -0.3 is 0 Å². The average molecular weight is 449 g/mol. The van der Waals surface area contributed by atoms with Crippen molar-refractivity contribution in [2.75, 3.05) is 6.54 Å². The number of hydrogen-bond donors (Lipinski definition) is 3. The topological polar surface area (TPSA) is 113 Å². The summed E-state index contributed by atoms with van der Waals surface area (Å²) in [5.41, 5.74) is 0.400. The van der Waals surface area contributed by atoms with Gasteiger partial charge in [-0.05, 0) is 0 Å². The van der Waals surface area contributed by atoms with Crippen LogP contribution in [-0.2, 0) is 18.3 Å². The number of amides is 1. The number of benzene rings is 1. The van der Waals surface area contributed by atoms with Crippen molar-refractivity contribution in [3.05, 3.63) is 37.5 Å². The SMILES string of the molecule is CCC1(Cn2c(=O)n(C)c3ccc([I-][NH+]([O-])O)cc32)CNC(=O)O1. The third kappa shape index (κ3) is 3.01. The molecule has 2 heterocycles. The Bertz CT molecular complexity index is 846. The Morgan fingerprint density at radius 2 is 2.21 bits per heavy atom. The van der Waals surface area contributed by atoms with E-state index in [1.165, 1.54) is 4.57 Å². The minimum absolute atomic E-state index is 0.216. The van der Waals surface area contributed by atoms with Gasteiger partial charge in [0.05, 0.1) is 0 Å². The molecule has 1 aromatic heterocycles. The number of quaternary nitrogens is 1. The van der Waals surface area contributed by atoms with Crippen LogP contribution in [0.4, 0.5) is 4.79 Å². The van der Waals surface area contributed by atoms with Crippen molar-refractivity contribution in [1.29, 1.82) is 0 Å². The van der Waals surface area contributed by atoms with Crippen molar-refractivity contribution >= 4 is 17.1 Å². The Morgan fingerprint density at radius 3 is 2.79 bits per heavy atom. The van der Waals surface area contributed by atoms with Crippen molar-refractivity contribution in [3.63, 3.8) is 0 Å². The molecule has 9 nitrogen and oxygen atoms in total. The van der Waals surface area contributed by atoms with Crippen LogP contribution in [0.1, 0.15) is 13.3 Å². The Hall–Kier alpha value is -1.63. The Morgan fingerprint density at radius 1 is 1.46 bits per heavy atom. The molecule has 2 atom stereocenters. The Balaban J connectivity index is 2.07. The summed E-state index contributed by atoms with van der Waals surface area (Å²) >= 11 is -1.17. The molecule has 1 fully saturated rings. The van der Waals surface area contributed by atoms with Gasteiger partial charge in [-0.15, -0.1) is 0 Å². The van der Waals surface area contributed by atoms with Crippen LogP contribution in [0, 0.1) is 8.78 Å². The molecule has 0 saturated carbocycles. The molecule has 0 radical (unpaired) electrons. The second-order valence-corrected chi connectivity index (χ2v) is 8.40. The maximum atomic E-state index is 12.6. The number of hydrogen-bond acceptors (Lipinski definition) is 5. The number of aromatic nitrogens is 2. The van der Waals surface area contributed by atoms with Gasteiger partial charge in [-0.25, -0.2) is 0 Å². The number of aryl methyl sites for hydroxylation is 1. The van der Waals surface area contributed by atoms with E-state index in [1.54, 1.807) is 29.8 Å². The van der Waals surface area contributed by atoms with Gasteiger partial charge in [0, 0.05) is 0 Å². The van der Waals surface area contributed by atoms with Crippen molar-refractivity contribution < 1.29 is 39.7 Å². The molecule has 0 aliphatic carbocycles. The first kappa shape index (κ1) is 17.2. The van der Waals surface area contributed by atoms with Gasteiger partial charge in [-0.3, -0.25) is 0 Å². The molecule has 10 heteroatoms. The van der Waals surface area contributed by atoms with Gasteiger partial charge in [0.15, 0.2) is 0 Å². The fourth-order valence-corrected chi connectivity index (χ4v) is 4.22. The van der Waals surface area contributed by atoms with E-state index in [-0.39, 0.29) is 12.2 Å². The molecular weight excluding hydrogens is 431 g/mol. The number of nitrogens with one attached hydrogen (secondary N) is 2. The minimum atomic E-state index is -1.17. The third-order valence-electron chi connectivity index (χ3n) is 4.25. The van der Waals surface area contributed by atoms with Crippen LogP contribution in [-0.4, -0.2) is 32.6 Å². The molecule has 132 valence electrons. The molecule has 3 N–H and O–H groups in total. The average Bonchev–Trinajstić information content (AvgIpc) is 3.01.